The number of hydrogen-bond acceptors (Lipinski definition) is 5. The van der Waals surface area contributed by atoms with E-state index in [2.05, 4.69) is 32.2 Å². The fourth-order valence-electron chi connectivity index (χ4n) is 7.34. The third-order valence-electron chi connectivity index (χ3n) is 8.66. The molecule has 0 spiro atoms. The molecule has 1 unspecified atom stereocenters. The summed E-state index contributed by atoms with van der Waals surface area (Å²) in [4.78, 5) is 26.9. The minimum atomic E-state index is -0.350. The zero-order chi connectivity index (χ0) is 22.7. The van der Waals surface area contributed by atoms with Crippen molar-refractivity contribution in [2.45, 2.75) is 78.6 Å². The van der Waals surface area contributed by atoms with Crippen molar-refractivity contribution in [1.82, 2.24) is 0 Å². The number of hydrogen-bond donors (Lipinski definition) is 1. The van der Waals surface area contributed by atoms with Gasteiger partial charge in [0.25, 0.3) is 5.91 Å². The summed E-state index contributed by atoms with van der Waals surface area (Å²) in [6, 6.07) is 2.30. The van der Waals surface area contributed by atoms with E-state index in [0.717, 1.165) is 44.1 Å². The van der Waals surface area contributed by atoms with Crippen LogP contribution in [0.5, 0.6) is 0 Å². The predicted octanol–water partition coefficient (Wildman–Crippen LogP) is 5.47. The molecule has 1 N–H and O–H groups in total. The van der Waals surface area contributed by atoms with Gasteiger partial charge in [-0.25, -0.2) is 0 Å². The minimum Gasteiger partial charge on any atom is -0.455 e. The van der Waals surface area contributed by atoms with Gasteiger partial charge in [0.15, 0.2) is 6.61 Å². The second-order valence-corrected chi connectivity index (χ2v) is 13.1. The molecule has 5 aliphatic carbocycles. The van der Waals surface area contributed by atoms with E-state index >= 15 is 0 Å². The molecule has 1 amide bonds. The van der Waals surface area contributed by atoms with E-state index in [1.54, 1.807) is 0 Å². The summed E-state index contributed by atoms with van der Waals surface area (Å²) in [5.41, 5.74) is 1.57. The number of carbonyl (C=O) groups is 2. The molecule has 1 atom stereocenters. The highest BCUT2D eigenvalue weighted by atomic mass is 32.1. The Balaban J connectivity index is 1.22. The summed E-state index contributed by atoms with van der Waals surface area (Å²) in [5, 5.41) is 13.2. The summed E-state index contributed by atoms with van der Waals surface area (Å²) in [5.74, 6) is 2.04. The van der Waals surface area contributed by atoms with Crippen LogP contribution < -0.4 is 5.32 Å². The van der Waals surface area contributed by atoms with Gasteiger partial charge in [0.1, 0.15) is 11.1 Å². The molecule has 4 bridgehead atoms. The Morgan fingerprint density at radius 3 is 2.34 bits per heavy atom. The van der Waals surface area contributed by atoms with Gasteiger partial charge in [-0.05, 0) is 92.4 Å². The van der Waals surface area contributed by atoms with Gasteiger partial charge < -0.3 is 10.1 Å². The van der Waals surface area contributed by atoms with Crippen molar-refractivity contribution in [2.24, 2.45) is 34.5 Å². The van der Waals surface area contributed by atoms with E-state index < -0.39 is 0 Å². The van der Waals surface area contributed by atoms with Crippen LogP contribution >= 0.6 is 11.3 Å². The lowest BCUT2D eigenvalue weighted by molar-refractivity contribution is -0.172. The lowest BCUT2D eigenvalue weighted by Crippen LogP contribution is -2.50. The summed E-state index contributed by atoms with van der Waals surface area (Å²) < 4.78 is 5.57. The quantitative estimate of drug-likeness (QED) is 0.612. The number of nitriles is 1. The van der Waals surface area contributed by atoms with Crippen LogP contribution in [0, 0.1) is 45.8 Å². The summed E-state index contributed by atoms with van der Waals surface area (Å²) in [7, 11) is 0. The zero-order valence-electron chi connectivity index (χ0n) is 19.5. The molecule has 172 valence electrons. The number of anilines is 1. The van der Waals surface area contributed by atoms with E-state index in [1.165, 1.54) is 35.5 Å². The van der Waals surface area contributed by atoms with Crippen LogP contribution in [0.1, 0.15) is 81.7 Å². The number of ether oxygens (including phenoxy) is 1. The SMILES string of the molecule is CC(C)(C)C1CCc2c(sc(NC(=O)COC(=O)C34CC5CC(CC(C5)C3)C4)c2C#N)C1. The Hall–Kier alpha value is -1.87. The van der Waals surface area contributed by atoms with E-state index in [4.69, 9.17) is 4.74 Å². The Labute approximate surface area is 194 Å². The van der Waals surface area contributed by atoms with Crippen LogP contribution in [0.4, 0.5) is 5.00 Å². The molecule has 0 aliphatic heterocycles. The lowest BCUT2D eigenvalue weighted by atomic mass is 9.49. The van der Waals surface area contributed by atoms with E-state index in [0.29, 0.717) is 34.2 Å². The van der Waals surface area contributed by atoms with Crippen LogP contribution in [0.25, 0.3) is 0 Å². The van der Waals surface area contributed by atoms with Gasteiger partial charge >= 0.3 is 5.97 Å². The monoisotopic (exact) mass is 454 g/mol. The van der Waals surface area contributed by atoms with Crippen LogP contribution in [0.15, 0.2) is 0 Å². The van der Waals surface area contributed by atoms with Crippen molar-refractivity contribution in [1.29, 1.82) is 5.26 Å². The van der Waals surface area contributed by atoms with Crippen molar-refractivity contribution in [3.05, 3.63) is 16.0 Å². The first kappa shape index (κ1) is 21.9. The van der Waals surface area contributed by atoms with Gasteiger partial charge in [0.2, 0.25) is 0 Å². The number of amides is 1. The van der Waals surface area contributed by atoms with Gasteiger partial charge in [0.05, 0.1) is 11.0 Å². The van der Waals surface area contributed by atoms with Gasteiger partial charge in [-0.1, -0.05) is 20.8 Å². The highest BCUT2D eigenvalue weighted by molar-refractivity contribution is 7.16. The van der Waals surface area contributed by atoms with Crippen LogP contribution in [0.2, 0.25) is 0 Å². The number of fused-ring (bicyclic) bond motifs is 1. The van der Waals surface area contributed by atoms with Gasteiger partial charge in [-0.15, -0.1) is 11.3 Å². The highest BCUT2D eigenvalue weighted by Gasteiger charge is 2.55. The average molecular weight is 455 g/mol. The van der Waals surface area contributed by atoms with E-state index in [-0.39, 0.29) is 29.3 Å². The molecule has 0 saturated heterocycles. The summed E-state index contributed by atoms with van der Waals surface area (Å²) in [6.45, 7) is 6.53. The molecule has 0 aromatic carbocycles. The van der Waals surface area contributed by atoms with Crippen LogP contribution in [-0.2, 0) is 27.2 Å². The first-order valence-corrected chi connectivity index (χ1v) is 13.0. The molecule has 5 nitrogen and oxygen atoms in total. The molecule has 6 rings (SSSR count). The maximum atomic E-state index is 13.0. The highest BCUT2D eigenvalue weighted by Crippen LogP contribution is 2.60. The average Bonchev–Trinajstić information content (AvgIpc) is 3.06. The Bertz CT molecular complexity index is 945. The molecular formula is C26H34N2O3S. The Morgan fingerprint density at radius 2 is 1.78 bits per heavy atom. The summed E-state index contributed by atoms with van der Waals surface area (Å²) >= 11 is 1.52. The fraction of sp³-hybridized carbons (Fsp3) is 0.731. The van der Waals surface area contributed by atoms with Crippen molar-refractivity contribution in [3.63, 3.8) is 0 Å². The molecule has 5 aliphatic rings. The molecule has 32 heavy (non-hydrogen) atoms. The molecular weight excluding hydrogens is 420 g/mol. The first-order valence-electron chi connectivity index (χ1n) is 12.2. The number of nitrogens with zero attached hydrogens (tertiary/aromatic N) is 1. The fourth-order valence-corrected chi connectivity index (χ4v) is 8.63. The maximum absolute atomic E-state index is 13.0. The largest absolute Gasteiger partial charge is 0.455 e. The third-order valence-corrected chi connectivity index (χ3v) is 9.83. The first-order chi connectivity index (χ1) is 15.2. The standard InChI is InChI=1S/C26H34N2O3S/c1-25(2,3)18-4-5-19-20(13-27)23(32-21(19)9-18)28-22(29)14-31-24(30)26-10-15-6-16(11-26)8-17(7-15)12-26/h15-18H,4-12,14H2,1-3H3,(H,28,29). The molecule has 4 fully saturated rings. The minimum absolute atomic E-state index is 0.175. The normalized spacial score (nSPS) is 32.8. The number of esters is 1. The van der Waals surface area contributed by atoms with Crippen molar-refractivity contribution in [3.8, 4) is 6.07 Å². The van der Waals surface area contributed by atoms with Gasteiger partial charge in [-0.3, -0.25) is 9.59 Å². The summed E-state index contributed by atoms with van der Waals surface area (Å²) in [6.07, 6.45) is 9.51. The second kappa shape index (κ2) is 7.87. The number of thiophene rings is 1. The van der Waals surface area contributed by atoms with E-state index in [9.17, 15) is 14.9 Å². The molecule has 1 aromatic heterocycles. The predicted molar refractivity (Wildman–Crippen MR) is 124 cm³/mol. The Kier molecular flexibility index (Phi) is 5.40. The molecule has 6 heteroatoms. The van der Waals surface area contributed by atoms with Gasteiger partial charge in [-0.2, -0.15) is 5.26 Å². The molecule has 1 heterocycles. The Morgan fingerprint density at radius 1 is 1.16 bits per heavy atom. The van der Waals surface area contributed by atoms with E-state index in [1.807, 2.05) is 0 Å². The molecule has 4 saturated carbocycles. The van der Waals surface area contributed by atoms with Crippen LogP contribution in [0.3, 0.4) is 0 Å². The van der Waals surface area contributed by atoms with Crippen LogP contribution in [-0.4, -0.2) is 18.5 Å². The van der Waals surface area contributed by atoms with Crippen molar-refractivity contribution >= 4 is 28.2 Å². The topological polar surface area (TPSA) is 79.2 Å². The number of rotatable bonds is 4. The second-order valence-electron chi connectivity index (χ2n) is 11.9. The molecule has 1 aromatic rings. The smallest absolute Gasteiger partial charge is 0.312 e. The zero-order valence-corrected chi connectivity index (χ0v) is 20.3. The van der Waals surface area contributed by atoms with Gasteiger partial charge in [0, 0.05) is 4.88 Å². The third kappa shape index (κ3) is 3.87. The number of carbonyl (C=O) groups excluding carboxylic acids is 2. The molecule has 0 radical (unpaired) electrons. The van der Waals surface area contributed by atoms with Crippen molar-refractivity contribution < 1.29 is 14.3 Å². The van der Waals surface area contributed by atoms with Crippen molar-refractivity contribution in [2.75, 3.05) is 11.9 Å². The number of nitrogens with one attached hydrogen (secondary N) is 1. The maximum Gasteiger partial charge on any atom is 0.312 e. The lowest BCUT2D eigenvalue weighted by Gasteiger charge is -2.55.